The average molecular weight is 983 g/mol. The number of ether oxygens (including phenoxy) is 9. The van der Waals surface area contributed by atoms with E-state index < -0.39 is 91.3 Å². The van der Waals surface area contributed by atoms with E-state index in [2.05, 4.69) is 0 Å². The zero-order valence-electron chi connectivity index (χ0n) is 39.3. The molecule has 370 valence electrons. The van der Waals surface area contributed by atoms with Gasteiger partial charge in [0.1, 0.15) is 29.9 Å². The van der Waals surface area contributed by atoms with Gasteiger partial charge in [-0.25, -0.2) is 4.79 Å². The molecular weight excluding hydrogens is 925 g/mol. The van der Waals surface area contributed by atoms with E-state index in [-0.39, 0.29) is 38.6 Å². The topological polar surface area (TPSA) is 155 Å². The van der Waals surface area contributed by atoms with E-state index in [4.69, 9.17) is 42.6 Å². The van der Waals surface area contributed by atoms with Crippen molar-refractivity contribution < 1.29 is 62.1 Å². The zero-order valence-corrected chi connectivity index (χ0v) is 40.1. The second kappa shape index (κ2) is 26.3. The summed E-state index contributed by atoms with van der Waals surface area (Å²) in [5.74, 6) is -2.36. The smallest absolute Gasteiger partial charge is 0.338 e. The van der Waals surface area contributed by atoms with Gasteiger partial charge in [-0.1, -0.05) is 169 Å². The van der Waals surface area contributed by atoms with Gasteiger partial charge < -0.3 is 47.7 Å². The monoisotopic (exact) mass is 982 g/mol. The number of benzene rings is 6. The third-order valence-electron chi connectivity index (χ3n) is 11.9. The van der Waals surface area contributed by atoms with Crippen LogP contribution in [0.25, 0.3) is 0 Å². The summed E-state index contributed by atoms with van der Waals surface area (Å²) in [6, 6.07) is 56.1. The van der Waals surface area contributed by atoms with Gasteiger partial charge in [-0.15, -0.1) is 0 Å². The van der Waals surface area contributed by atoms with E-state index in [1.54, 1.807) is 30.3 Å². The first kappa shape index (κ1) is 51.2. The molecule has 2 heterocycles. The minimum atomic E-state index is -1.56. The van der Waals surface area contributed by atoms with E-state index in [1.165, 1.54) is 11.8 Å². The summed E-state index contributed by atoms with van der Waals surface area (Å²) in [6.45, 7) is 2.47. The maximum atomic E-state index is 14.1. The molecule has 0 saturated carbocycles. The predicted octanol–water partition coefficient (Wildman–Crippen LogP) is 9.04. The van der Waals surface area contributed by atoms with Crippen molar-refractivity contribution in [3.63, 3.8) is 0 Å². The lowest BCUT2D eigenvalue weighted by Crippen LogP contribution is -2.61. The van der Waals surface area contributed by atoms with Crippen molar-refractivity contribution in [1.29, 1.82) is 0 Å². The molecule has 1 N–H and O–H groups in total. The van der Waals surface area contributed by atoms with Crippen LogP contribution in [0.4, 0.5) is 0 Å². The van der Waals surface area contributed by atoms with Crippen LogP contribution in [-0.2, 0) is 78.6 Å². The normalized spacial score (nSPS) is 24.1. The summed E-state index contributed by atoms with van der Waals surface area (Å²) < 4.78 is 56.7. The lowest BCUT2D eigenvalue weighted by molar-refractivity contribution is -0.307. The van der Waals surface area contributed by atoms with Crippen molar-refractivity contribution in [2.45, 2.75) is 112 Å². The molecule has 2 fully saturated rings. The zero-order chi connectivity index (χ0) is 49.2. The Kier molecular flexibility index (Phi) is 19.0. The molecule has 2 aliphatic rings. The molecule has 0 aliphatic carbocycles. The van der Waals surface area contributed by atoms with Gasteiger partial charge in [-0.3, -0.25) is 9.59 Å². The molecule has 2 aliphatic heterocycles. The largest absolute Gasteiger partial charge is 0.456 e. The fourth-order valence-electron chi connectivity index (χ4n) is 8.21. The molecule has 6 aromatic carbocycles. The van der Waals surface area contributed by atoms with Gasteiger partial charge in [0.25, 0.3) is 0 Å². The van der Waals surface area contributed by atoms with Gasteiger partial charge in [-0.05, 0) is 53.4 Å². The number of carbonyl (C=O) groups is 3. The average Bonchev–Trinajstić information content (AvgIpc) is 3.41. The second-order valence-corrected chi connectivity index (χ2v) is 18.3. The van der Waals surface area contributed by atoms with Crippen molar-refractivity contribution in [2.75, 3.05) is 6.61 Å². The molecule has 0 bridgehead atoms. The van der Waals surface area contributed by atoms with Crippen molar-refractivity contribution in [1.82, 2.24) is 0 Å². The Bertz CT molecular complexity index is 2520. The number of hydrogen-bond donors (Lipinski definition) is 1. The van der Waals surface area contributed by atoms with E-state index >= 15 is 0 Å². The molecule has 0 radical (unpaired) electrons. The fraction of sp³-hybridized carbons (Fsp3) is 0.316. The highest BCUT2D eigenvalue weighted by molar-refractivity contribution is 7.99. The molecular formula is C57H58O13S. The molecule has 0 aromatic heterocycles. The Morgan fingerprint density at radius 3 is 1.48 bits per heavy atom. The number of carbonyl (C=O) groups excluding carboxylic acids is 3. The highest BCUT2D eigenvalue weighted by Crippen LogP contribution is 2.38. The van der Waals surface area contributed by atoms with Crippen LogP contribution in [0.3, 0.4) is 0 Å². The van der Waals surface area contributed by atoms with Gasteiger partial charge in [0.05, 0.1) is 57.5 Å². The lowest BCUT2D eigenvalue weighted by Gasteiger charge is -2.44. The first-order valence-electron chi connectivity index (χ1n) is 23.7. The molecule has 6 aromatic rings. The summed E-state index contributed by atoms with van der Waals surface area (Å²) in [7, 11) is 0. The van der Waals surface area contributed by atoms with Gasteiger partial charge in [0.15, 0.2) is 24.6 Å². The molecule has 0 amide bonds. The van der Waals surface area contributed by atoms with E-state index in [9.17, 15) is 19.5 Å². The van der Waals surface area contributed by atoms with E-state index in [0.29, 0.717) is 0 Å². The van der Waals surface area contributed by atoms with Crippen LogP contribution in [0.2, 0.25) is 0 Å². The summed E-state index contributed by atoms with van der Waals surface area (Å²) in [5, 5.41) is 11.9. The molecule has 0 unspecified atom stereocenters. The van der Waals surface area contributed by atoms with E-state index in [1.807, 2.05) is 159 Å². The molecule has 14 heteroatoms. The van der Waals surface area contributed by atoms with Crippen LogP contribution in [0, 0.1) is 0 Å². The maximum absolute atomic E-state index is 14.1. The van der Waals surface area contributed by atoms with Gasteiger partial charge in [-0.2, -0.15) is 0 Å². The van der Waals surface area contributed by atoms with Gasteiger partial charge >= 0.3 is 17.9 Å². The summed E-state index contributed by atoms with van der Waals surface area (Å²) in [4.78, 5) is 42.7. The molecule has 8 rings (SSSR count). The lowest BCUT2D eigenvalue weighted by atomic mass is 9.98. The first-order chi connectivity index (χ1) is 34.8. The Morgan fingerprint density at radius 1 is 0.493 bits per heavy atom. The summed E-state index contributed by atoms with van der Waals surface area (Å²) >= 11 is 1.39. The van der Waals surface area contributed by atoms with Crippen molar-refractivity contribution in [3.8, 4) is 0 Å². The summed E-state index contributed by atoms with van der Waals surface area (Å²) in [6.07, 6.45) is -10.7. The van der Waals surface area contributed by atoms with E-state index in [0.717, 1.165) is 27.1 Å². The minimum absolute atomic E-state index is 0.0342. The standard InChI is InChI=1S/C57H58O13S/c1-39-50(63-35-41-22-10-3-11-23-41)52(64-36-42-24-12-4-13-25-42)54(57(66-39)71-45-30-18-7-19-31-45)69-48(59)33-32-47(58)68-51-49(60)46(38-62-34-40-20-8-2-9-21-40)67-56(65-37-43-26-14-5-15-27-43)53(51)70-55(61)44-28-16-6-17-29-44/h2-31,39,46,49-54,56-57,60H,32-38H2,1H3/t39-,46+,49+,50-,51-,52+,53+,54+,56-,57-/m0/s1. The van der Waals surface area contributed by atoms with Crippen LogP contribution in [0.15, 0.2) is 187 Å². The Hall–Kier alpha value is -6.20. The van der Waals surface area contributed by atoms with Crippen molar-refractivity contribution in [2.24, 2.45) is 0 Å². The molecule has 0 spiro atoms. The van der Waals surface area contributed by atoms with Crippen LogP contribution in [0.1, 0.15) is 52.4 Å². The summed E-state index contributed by atoms with van der Waals surface area (Å²) in [5.41, 5.74) is 3.03. The Balaban J connectivity index is 1.01. The first-order valence-corrected chi connectivity index (χ1v) is 24.6. The van der Waals surface area contributed by atoms with Crippen molar-refractivity contribution in [3.05, 3.63) is 210 Å². The predicted molar refractivity (Wildman–Crippen MR) is 263 cm³/mol. The highest BCUT2D eigenvalue weighted by atomic mass is 32.2. The third-order valence-corrected chi connectivity index (χ3v) is 13.0. The van der Waals surface area contributed by atoms with Crippen LogP contribution >= 0.6 is 11.8 Å². The van der Waals surface area contributed by atoms with Crippen LogP contribution in [0.5, 0.6) is 0 Å². The number of hydrogen-bond acceptors (Lipinski definition) is 14. The highest BCUT2D eigenvalue weighted by Gasteiger charge is 2.51. The van der Waals surface area contributed by atoms with Crippen molar-refractivity contribution >= 4 is 29.7 Å². The molecule has 2 saturated heterocycles. The number of thioether (sulfide) groups is 1. The maximum Gasteiger partial charge on any atom is 0.338 e. The number of rotatable bonds is 22. The number of aliphatic hydroxyl groups is 1. The number of aliphatic hydroxyl groups excluding tert-OH is 1. The molecule has 13 nitrogen and oxygen atoms in total. The Morgan fingerprint density at radius 2 is 0.944 bits per heavy atom. The quantitative estimate of drug-likeness (QED) is 0.0508. The SMILES string of the molecule is C[C@@H]1O[C@@H](Sc2ccccc2)[C@H](OC(=O)CCC(=O)O[C@H]2[C@H](O)[C@@H](COCc3ccccc3)O[C@H](OCc3ccccc3)[C@@H]2OC(=O)c2ccccc2)[C@H](OCc2ccccc2)[C@H]1OCc1ccccc1. The van der Waals surface area contributed by atoms with Gasteiger partial charge in [0.2, 0.25) is 0 Å². The molecule has 10 atom stereocenters. The molecule has 71 heavy (non-hydrogen) atoms. The second-order valence-electron chi connectivity index (χ2n) is 17.1. The third kappa shape index (κ3) is 14.9. The minimum Gasteiger partial charge on any atom is -0.456 e. The number of esters is 3. The van der Waals surface area contributed by atoms with Crippen LogP contribution < -0.4 is 0 Å². The fourth-order valence-corrected chi connectivity index (χ4v) is 9.37. The van der Waals surface area contributed by atoms with Crippen LogP contribution in [-0.4, -0.2) is 90.2 Å². The van der Waals surface area contributed by atoms with Gasteiger partial charge in [0, 0.05) is 4.90 Å². The Labute approximate surface area is 418 Å².